The quantitative estimate of drug-likeness (QED) is 0.614. The van der Waals surface area contributed by atoms with Crippen LogP contribution in [0, 0.1) is 11.6 Å². The maximum atomic E-state index is 14.2. The highest BCUT2D eigenvalue weighted by molar-refractivity contribution is 6.01. The first-order valence-corrected chi connectivity index (χ1v) is 12.6. The molecule has 2 aromatic rings. The lowest BCUT2D eigenvalue weighted by Gasteiger charge is -2.47. The van der Waals surface area contributed by atoms with Crippen molar-refractivity contribution in [3.05, 3.63) is 62.6 Å². The van der Waals surface area contributed by atoms with Crippen molar-refractivity contribution in [2.24, 2.45) is 0 Å². The first-order chi connectivity index (χ1) is 17.8. The zero-order valence-corrected chi connectivity index (χ0v) is 20.6. The third kappa shape index (κ3) is 3.58. The van der Waals surface area contributed by atoms with Gasteiger partial charge in [-0.1, -0.05) is 13.0 Å². The molecule has 3 aliphatic heterocycles. The van der Waals surface area contributed by atoms with Gasteiger partial charge in [0.15, 0.2) is 17.7 Å². The molecule has 0 radical (unpaired) electrons. The molecule has 2 amide bonds. The summed E-state index contributed by atoms with van der Waals surface area (Å²) in [7, 11) is 1.30. The number of hydrogen-bond donors (Lipinski definition) is 2. The van der Waals surface area contributed by atoms with Crippen molar-refractivity contribution >= 4 is 11.8 Å². The minimum atomic E-state index is -0.801. The summed E-state index contributed by atoms with van der Waals surface area (Å²) in [6.07, 6.45) is 2.59. The second-order valence-corrected chi connectivity index (χ2v) is 10.0. The highest BCUT2D eigenvalue weighted by Crippen LogP contribution is 2.49. The van der Waals surface area contributed by atoms with E-state index in [2.05, 4.69) is 10.6 Å². The summed E-state index contributed by atoms with van der Waals surface area (Å²) in [5, 5.41) is 5.95. The molecular formula is C26H28F2N4O5. The molecular weight excluding hydrogens is 486 g/mol. The molecule has 1 saturated heterocycles. The molecule has 11 heteroatoms. The number of benzene rings is 1. The summed E-state index contributed by atoms with van der Waals surface area (Å²) in [6, 6.07) is 2.43. The maximum absolute atomic E-state index is 14.2. The van der Waals surface area contributed by atoms with E-state index in [9.17, 15) is 23.2 Å². The van der Waals surface area contributed by atoms with Crippen LogP contribution < -0.4 is 20.8 Å². The van der Waals surface area contributed by atoms with E-state index >= 15 is 0 Å². The first-order valence-electron chi connectivity index (χ1n) is 12.6. The predicted molar refractivity (Wildman–Crippen MR) is 127 cm³/mol. The van der Waals surface area contributed by atoms with Crippen LogP contribution in [0.3, 0.4) is 0 Å². The fraction of sp³-hybridized carbons (Fsp3) is 0.500. The Hall–Kier alpha value is -3.31. The molecule has 2 bridgehead atoms. The molecule has 9 nitrogen and oxygen atoms in total. The minimum absolute atomic E-state index is 0.0417. The number of aromatic nitrogens is 1. The molecule has 2 N–H and O–H groups in total. The predicted octanol–water partition coefficient (Wildman–Crippen LogP) is 2.39. The van der Waals surface area contributed by atoms with Gasteiger partial charge in [0.2, 0.25) is 5.43 Å². The van der Waals surface area contributed by atoms with Gasteiger partial charge in [-0.15, -0.1) is 0 Å². The average Bonchev–Trinajstić information content (AvgIpc) is 3.42. The number of methoxy groups -OCH3 is 1. The molecule has 1 saturated carbocycles. The van der Waals surface area contributed by atoms with Gasteiger partial charge in [0.1, 0.15) is 17.2 Å². The van der Waals surface area contributed by atoms with Gasteiger partial charge < -0.3 is 29.6 Å². The molecule has 3 unspecified atom stereocenters. The Labute approximate surface area is 211 Å². The molecule has 1 aromatic heterocycles. The molecule has 4 aliphatic rings. The molecule has 1 aromatic carbocycles. The number of hydrogen-bond acceptors (Lipinski definition) is 6. The first kappa shape index (κ1) is 24.1. The third-order valence-corrected chi connectivity index (χ3v) is 8.00. The van der Waals surface area contributed by atoms with E-state index in [1.807, 2.05) is 6.92 Å². The Balaban J connectivity index is 1.46. The lowest BCUT2D eigenvalue weighted by Crippen LogP contribution is -2.58. The number of carbonyl (C=O) groups excluding carboxylic acids is 2. The summed E-state index contributed by atoms with van der Waals surface area (Å²) < 4.78 is 41.1. The number of nitrogens with zero attached hydrogens (tertiary/aromatic N) is 2. The van der Waals surface area contributed by atoms with Crippen LogP contribution in [0.2, 0.25) is 0 Å². The maximum Gasteiger partial charge on any atom is 0.276 e. The smallest absolute Gasteiger partial charge is 0.276 e. The number of pyridine rings is 1. The summed E-state index contributed by atoms with van der Waals surface area (Å²) in [6.45, 7) is 2.25. The number of amides is 2. The Morgan fingerprint density at radius 3 is 2.76 bits per heavy atom. The van der Waals surface area contributed by atoms with Gasteiger partial charge in [-0.2, -0.15) is 0 Å². The molecule has 2 fully saturated rings. The van der Waals surface area contributed by atoms with Gasteiger partial charge in [0.25, 0.3) is 11.8 Å². The Morgan fingerprint density at radius 1 is 1.22 bits per heavy atom. The number of rotatable bonds is 6. The number of ether oxygens (including phenoxy) is 2. The number of fused-ring (bicyclic) bond motifs is 5. The van der Waals surface area contributed by atoms with Crippen LogP contribution in [0.4, 0.5) is 8.78 Å². The van der Waals surface area contributed by atoms with E-state index in [1.54, 1.807) is 9.47 Å². The van der Waals surface area contributed by atoms with E-state index in [0.29, 0.717) is 18.7 Å². The van der Waals surface area contributed by atoms with E-state index in [4.69, 9.17) is 9.47 Å². The standard InChI is InChI=1S/C26H28F2N4O5/c1-3-29-17-10-18-26-31(14-6-7-15(9-14)37-26)25(35)21-23(36-2)22(33)19(20(17)32(18)21)24(34)30-11-12-4-5-13(27)8-16(12)28/h4-5,8,14-15,17-18,26,29H,3,6-7,9-11H2,1-2H3,(H,30,34)/t14?,15?,17?,18-,26-/m1/s1. The van der Waals surface area contributed by atoms with Crippen LogP contribution in [0.15, 0.2) is 23.0 Å². The van der Waals surface area contributed by atoms with Crippen molar-refractivity contribution in [2.75, 3.05) is 13.7 Å². The van der Waals surface area contributed by atoms with Gasteiger partial charge >= 0.3 is 0 Å². The lowest BCUT2D eigenvalue weighted by atomic mass is 10.0. The van der Waals surface area contributed by atoms with Gasteiger partial charge in [-0.3, -0.25) is 14.4 Å². The SMILES string of the molecule is CCNC1C[C@@H]2[C@H]3OC4CCC(C4)N3C(=O)c3c(OC)c(=O)c(C(=O)NCc4ccc(F)cc4F)c1n32. The fourth-order valence-electron chi connectivity index (χ4n) is 6.49. The Kier molecular flexibility index (Phi) is 5.79. The van der Waals surface area contributed by atoms with Crippen molar-refractivity contribution in [1.82, 2.24) is 20.1 Å². The van der Waals surface area contributed by atoms with E-state index in [-0.39, 0.29) is 59.3 Å². The zero-order chi connectivity index (χ0) is 26.0. The van der Waals surface area contributed by atoms with E-state index in [0.717, 1.165) is 31.4 Å². The number of carbonyl (C=O) groups is 2. The normalized spacial score (nSPS) is 27.2. The van der Waals surface area contributed by atoms with Crippen LogP contribution in [-0.4, -0.2) is 53.3 Å². The lowest BCUT2D eigenvalue weighted by molar-refractivity contribution is -0.147. The highest BCUT2D eigenvalue weighted by atomic mass is 19.1. The minimum Gasteiger partial charge on any atom is -0.491 e. The van der Waals surface area contributed by atoms with Crippen LogP contribution in [0.25, 0.3) is 0 Å². The topological polar surface area (TPSA) is 102 Å². The number of nitrogens with one attached hydrogen (secondary N) is 2. The van der Waals surface area contributed by atoms with Gasteiger partial charge in [-0.05, 0) is 38.3 Å². The second kappa shape index (κ2) is 8.91. The average molecular weight is 515 g/mol. The largest absolute Gasteiger partial charge is 0.491 e. The summed E-state index contributed by atoms with van der Waals surface area (Å²) >= 11 is 0. The molecule has 6 rings (SSSR count). The van der Waals surface area contributed by atoms with Crippen molar-refractivity contribution in [3.8, 4) is 5.75 Å². The fourth-order valence-corrected chi connectivity index (χ4v) is 6.49. The molecule has 1 aliphatic carbocycles. The van der Waals surface area contributed by atoms with Crippen molar-refractivity contribution in [3.63, 3.8) is 0 Å². The summed E-state index contributed by atoms with van der Waals surface area (Å²) in [5.41, 5.74) is -0.234. The van der Waals surface area contributed by atoms with Crippen molar-refractivity contribution in [2.45, 2.75) is 69.6 Å². The van der Waals surface area contributed by atoms with Gasteiger partial charge in [0.05, 0.1) is 31.0 Å². The molecule has 37 heavy (non-hydrogen) atoms. The van der Waals surface area contributed by atoms with Crippen molar-refractivity contribution < 1.29 is 27.8 Å². The molecule has 5 atom stereocenters. The van der Waals surface area contributed by atoms with Gasteiger partial charge in [0, 0.05) is 24.2 Å². The Bertz CT molecular complexity index is 1360. The highest BCUT2D eigenvalue weighted by Gasteiger charge is 2.55. The number of halogens is 2. The van der Waals surface area contributed by atoms with Crippen LogP contribution in [0.5, 0.6) is 5.75 Å². The van der Waals surface area contributed by atoms with Crippen molar-refractivity contribution in [1.29, 1.82) is 0 Å². The zero-order valence-electron chi connectivity index (χ0n) is 20.6. The van der Waals surface area contributed by atoms with Crippen LogP contribution >= 0.6 is 0 Å². The molecule has 0 spiro atoms. The molecule has 4 heterocycles. The second-order valence-electron chi connectivity index (χ2n) is 10.0. The van der Waals surface area contributed by atoms with Crippen LogP contribution in [-0.2, 0) is 11.3 Å². The summed E-state index contributed by atoms with van der Waals surface area (Å²) in [4.78, 5) is 42.8. The monoisotopic (exact) mass is 514 g/mol. The third-order valence-electron chi connectivity index (χ3n) is 8.00. The van der Waals surface area contributed by atoms with E-state index in [1.165, 1.54) is 13.2 Å². The van der Waals surface area contributed by atoms with E-state index < -0.39 is 29.2 Å². The summed E-state index contributed by atoms with van der Waals surface area (Å²) in [5.74, 6) is -2.77. The Morgan fingerprint density at radius 2 is 2.03 bits per heavy atom. The van der Waals surface area contributed by atoms with Crippen LogP contribution in [0.1, 0.15) is 76.8 Å². The molecule has 196 valence electrons. The van der Waals surface area contributed by atoms with Gasteiger partial charge in [-0.25, -0.2) is 8.78 Å².